The van der Waals surface area contributed by atoms with Crippen molar-refractivity contribution in [3.8, 4) is 0 Å². The number of H-pyrrole nitrogens is 1. The van der Waals surface area contributed by atoms with E-state index in [9.17, 15) is 19.2 Å². The number of amides is 4. The van der Waals surface area contributed by atoms with Crippen molar-refractivity contribution in [1.82, 2.24) is 25.8 Å². The molecule has 0 saturated carbocycles. The van der Waals surface area contributed by atoms with Crippen LogP contribution in [0.4, 0.5) is 5.69 Å². The van der Waals surface area contributed by atoms with Crippen molar-refractivity contribution in [3.05, 3.63) is 137 Å². The van der Waals surface area contributed by atoms with Crippen LogP contribution < -0.4 is 21.3 Å². The Morgan fingerprint density at radius 1 is 0.600 bits per heavy atom. The predicted octanol–water partition coefficient (Wildman–Crippen LogP) is 3.32. The zero-order chi connectivity index (χ0) is 34.0. The van der Waals surface area contributed by atoms with Crippen LogP contribution in [-0.4, -0.2) is 63.8 Å². The fraction of sp³-hybridized carbons (Fsp3) is 0.250. The summed E-state index contributed by atoms with van der Waals surface area (Å²) in [5.74, 6) is -0.673. The quantitative estimate of drug-likeness (QED) is 0.182. The average Bonchev–Trinajstić information content (AvgIpc) is 3.80. The van der Waals surface area contributed by atoms with Gasteiger partial charge in [0.05, 0.1) is 5.41 Å². The van der Waals surface area contributed by atoms with Crippen molar-refractivity contribution in [2.45, 2.75) is 61.4 Å². The van der Waals surface area contributed by atoms with Gasteiger partial charge in [-0.25, -0.2) is 0 Å². The Bertz CT molecular complexity index is 2170. The van der Waals surface area contributed by atoms with Crippen LogP contribution in [0.1, 0.15) is 34.2 Å². The normalized spacial score (nSPS) is 26.8. The third-order valence-corrected chi connectivity index (χ3v) is 11.0. The summed E-state index contributed by atoms with van der Waals surface area (Å²) in [7, 11) is 0. The Labute approximate surface area is 288 Å². The molecule has 50 heavy (non-hydrogen) atoms. The second-order valence-corrected chi connectivity index (χ2v) is 13.8. The lowest BCUT2D eigenvalue weighted by Gasteiger charge is -2.38. The molecule has 0 bridgehead atoms. The van der Waals surface area contributed by atoms with Gasteiger partial charge in [0.1, 0.15) is 30.3 Å². The zero-order valence-corrected chi connectivity index (χ0v) is 27.2. The average molecular weight is 665 g/mol. The van der Waals surface area contributed by atoms with Crippen LogP contribution in [0.2, 0.25) is 0 Å². The monoisotopic (exact) mass is 664 g/mol. The fourth-order valence-electron chi connectivity index (χ4n) is 8.71. The largest absolute Gasteiger partial charge is 0.364 e. The summed E-state index contributed by atoms with van der Waals surface area (Å²) in [4.78, 5) is 59.8. The first-order chi connectivity index (χ1) is 24.4. The number of nitrogens with one attached hydrogen (secondary N) is 5. The van der Waals surface area contributed by atoms with Gasteiger partial charge in [-0.15, -0.1) is 0 Å². The summed E-state index contributed by atoms with van der Waals surface area (Å²) in [6.07, 6.45) is 2.97. The number of carbonyl (C=O) groups is 4. The first-order valence-electron chi connectivity index (χ1n) is 17.2. The number of piperazine rings is 2. The summed E-state index contributed by atoms with van der Waals surface area (Å²) in [5.41, 5.74) is 5.95. The van der Waals surface area contributed by atoms with Crippen LogP contribution in [0.15, 0.2) is 109 Å². The van der Waals surface area contributed by atoms with Crippen LogP contribution in [0.25, 0.3) is 10.9 Å². The van der Waals surface area contributed by atoms with E-state index < -0.39 is 35.7 Å². The number of aromatic amines is 1. The smallest absolute Gasteiger partial charge is 0.247 e. The van der Waals surface area contributed by atoms with Crippen molar-refractivity contribution in [1.29, 1.82) is 0 Å². The Morgan fingerprint density at radius 2 is 1.20 bits per heavy atom. The Balaban J connectivity index is 1.04. The van der Waals surface area contributed by atoms with E-state index in [1.54, 1.807) is 4.90 Å². The summed E-state index contributed by atoms with van der Waals surface area (Å²) in [6, 6.07) is 30.9. The maximum Gasteiger partial charge on any atom is 0.247 e. The van der Waals surface area contributed by atoms with Crippen molar-refractivity contribution in [2.24, 2.45) is 0 Å². The highest BCUT2D eigenvalue weighted by Crippen LogP contribution is 2.56. The van der Waals surface area contributed by atoms with Gasteiger partial charge in [-0.2, -0.15) is 0 Å². The number of rotatable bonds is 7. The highest BCUT2D eigenvalue weighted by atomic mass is 16.2. The molecule has 10 nitrogen and oxygen atoms in total. The second kappa shape index (κ2) is 11.6. The summed E-state index contributed by atoms with van der Waals surface area (Å²) in [6.45, 7) is 0. The third-order valence-electron chi connectivity index (χ3n) is 11.0. The van der Waals surface area contributed by atoms with Gasteiger partial charge in [0, 0.05) is 42.0 Å². The number of hydrogen-bond donors (Lipinski definition) is 5. The first-order valence-corrected chi connectivity index (χ1v) is 17.2. The first kappa shape index (κ1) is 30.2. The summed E-state index contributed by atoms with van der Waals surface area (Å²) < 4.78 is 0. The molecule has 3 fully saturated rings. The van der Waals surface area contributed by atoms with Crippen LogP contribution in [-0.2, 0) is 43.9 Å². The zero-order valence-electron chi connectivity index (χ0n) is 27.2. The van der Waals surface area contributed by atoms with Gasteiger partial charge in [-0.3, -0.25) is 19.2 Å². The van der Waals surface area contributed by atoms with E-state index in [2.05, 4.69) is 38.4 Å². The van der Waals surface area contributed by atoms with Gasteiger partial charge in [0.15, 0.2) is 0 Å². The number of carbonyl (C=O) groups excluding carboxylic acids is 4. The molecule has 4 aliphatic rings. The molecule has 1 aromatic heterocycles. The van der Waals surface area contributed by atoms with Gasteiger partial charge in [0.25, 0.3) is 0 Å². The molecular weight excluding hydrogens is 628 g/mol. The van der Waals surface area contributed by atoms with E-state index in [4.69, 9.17) is 0 Å². The summed E-state index contributed by atoms with van der Waals surface area (Å²) >= 11 is 0. The van der Waals surface area contributed by atoms with Crippen molar-refractivity contribution < 1.29 is 19.2 Å². The fourth-order valence-corrected chi connectivity index (χ4v) is 8.71. The molecule has 250 valence electrons. The topological polar surface area (TPSA) is 135 Å². The van der Waals surface area contributed by atoms with Gasteiger partial charge < -0.3 is 31.2 Å². The van der Waals surface area contributed by atoms with Crippen molar-refractivity contribution in [2.75, 3.05) is 5.32 Å². The highest BCUT2D eigenvalue weighted by molar-refractivity contribution is 6.01. The number of anilines is 1. The minimum atomic E-state index is -0.724. The number of hydrogen-bond acceptors (Lipinski definition) is 5. The van der Waals surface area contributed by atoms with E-state index in [1.807, 2.05) is 97.2 Å². The molecule has 0 radical (unpaired) electrons. The minimum absolute atomic E-state index is 0.102. The molecule has 5 N–H and O–H groups in total. The molecule has 0 aliphatic carbocycles. The molecule has 1 unspecified atom stereocenters. The van der Waals surface area contributed by atoms with E-state index in [-0.39, 0.29) is 23.6 Å². The lowest BCUT2D eigenvalue weighted by Crippen LogP contribution is -2.64. The van der Waals surface area contributed by atoms with Crippen LogP contribution in [0.5, 0.6) is 0 Å². The molecule has 5 heterocycles. The molecule has 0 spiro atoms. The molecule has 4 aliphatic heterocycles. The Morgan fingerprint density at radius 3 is 1.92 bits per heavy atom. The number of nitrogens with zero attached hydrogens (tertiary/aromatic N) is 1. The maximum absolute atomic E-state index is 14.3. The molecular formula is C40H36N6O4. The van der Waals surface area contributed by atoms with E-state index >= 15 is 0 Å². The minimum Gasteiger partial charge on any atom is -0.364 e. The standard InChI is InChI=1S/C40H36N6O4/c47-35-30(18-23-10-3-1-4-11-23)42-36(48)31(43-35)20-25-22-41-34-26(25)14-9-16-28(34)40-21-33-37(49)44-32(19-24-12-5-2-6-13-24)38(50)46(33)39(40)45-29-17-8-7-15-27(29)40/h1-17,22,30-33,39,41,45H,18-21H2,(H,42,48)(H,43,47)(H,44,49)/t30-,31?,32-,33+,39-,40-/m1/s1. The molecule has 3 saturated heterocycles. The molecule has 6 atom stereocenters. The molecule has 9 rings (SSSR count). The van der Waals surface area contributed by atoms with Crippen molar-refractivity contribution >= 4 is 40.2 Å². The number of para-hydroxylation sites is 2. The molecule has 4 amide bonds. The second-order valence-electron chi connectivity index (χ2n) is 13.8. The molecule has 10 heteroatoms. The van der Waals surface area contributed by atoms with E-state index in [0.717, 1.165) is 44.4 Å². The Hall–Kier alpha value is -5.90. The van der Waals surface area contributed by atoms with Gasteiger partial charge in [0.2, 0.25) is 23.6 Å². The predicted molar refractivity (Wildman–Crippen MR) is 188 cm³/mol. The maximum atomic E-state index is 14.3. The van der Waals surface area contributed by atoms with Gasteiger partial charge >= 0.3 is 0 Å². The van der Waals surface area contributed by atoms with E-state index in [0.29, 0.717) is 25.7 Å². The third kappa shape index (κ3) is 4.69. The number of aromatic nitrogens is 1. The number of fused-ring (bicyclic) bond motifs is 6. The molecule has 5 aromatic rings. The lowest BCUT2D eigenvalue weighted by molar-refractivity contribution is -0.148. The number of benzene rings is 4. The highest BCUT2D eigenvalue weighted by Gasteiger charge is 2.64. The van der Waals surface area contributed by atoms with Crippen LogP contribution in [0, 0.1) is 0 Å². The summed E-state index contributed by atoms with van der Waals surface area (Å²) in [5, 5.41) is 13.5. The van der Waals surface area contributed by atoms with Gasteiger partial charge in [-0.1, -0.05) is 97.1 Å². The van der Waals surface area contributed by atoms with Crippen molar-refractivity contribution in [3.63, 3.8) is 0 Å². The van der Waals surface area contributed by atoms with Crippen LogP contribution >= 0.6 is 0 Å². The van der Waals surface area contributed by atoms with Gasteiger partial charge in [-0.05, 0) is 40.3 Å². The lowest BCUT2D eigenvalue weighted by atomic mass is 9.71. The van der Waals surface area contributed by atoms with Crippen LogP contribution in [0.3, 0.4) is 0 Å². The van der Waals surface area contributed by atoms with E-state index in [1.165, 1.54) is 0 Å². The SMILES string of the molecule is O=C1N[C@H](Cc2ccccc2)C(=O)NC1Cc1c[nH]c2c([C@]34C[C@H]5C(=O)N[C@H](Cc6ccccc6)C(=O)N5[C@H]3Nc3ccccc34)cccc12. The Kier molecular flexibility index (Phi) is 7.01. The molecule has 4 aromatic carbocycles.